The van der Waals surface area contributed by atoms with Crippen molar-refractivity contribution >= 4 is 11.0 Å². The Morgan fingerprint density at radius 1 is 1.11 bits per heavy atom. The highest BCUT2D eigenvalue weighted by Crippen LogP contribution is 2.14. The van der Waals surface area contributed by atoms with Gasteiger partial charge in [0.15, 0.2) is 0 Å². The van der Waals surface area contributed by atoms with Crippen molar-refractivity contribution < 1.29 is 4.21 Å². The Bertz CT molecular complexity index is 602. The fourth-order valence-electron chi connectivity index (χ4n) is 1.65. The van der Waals surface area contributed by atoms with E-state index in [-0.39, 0.29) is 0 Å². The Kier molecular flexibility index (Phi) is 4.45. The Morgan fingerprint density at radius 2 is 1.74 bits per heavy atom. The highest BCUT2D eigenvalue weighted by atomic mass is 32.2. The number of hydrogen-bond acceptors (Lipinski definition) is 2. The van der Waals surface area contributed by atoms with Gasteiger partial charge in [0.1, 0.15) is 17.0 Å². The van der Waals surface area contributed by atoms with E-state index in [1.165, 1.54) is 0 Å². The molecule has 2 aromatic carbocycles. The molecule has 0 saturated carbocycles. The highest BCUT2D eigenvalue weighted by molar-refractivity contribution is 7.83. The first kappa shape index (κ1) is 13.5. The predicted molar refractivity (Wildman–Crippen MR) is 75.5 cm³/mol. The second kappa shape index (κ2) is 6.28. The normalized spacial score (nSPS) is 13.5. The molecule has 1 unspecified atom stereocenters. The molecule has 2 aromatic rings. The van der Waals surface area contributed by atoms with E-state index in [1.54, 1.807) is 12.1 Å². The number of nitrogens with zero attached hydrogens (tertiary/aromatic N) is 1. The van der Waals surface area contributed by atoms with Gasteiger partial charge in [-0.1, -0.05) is 48.0 Å². The summed E-state index contributed by atoms with van der Waals surface area (Å²) in [6.45, 7) is 1.97. The van der Waals surface area contributed by atoms with Crippen LogP contribution in [0.4, 0.5) is 0 Å². The highest BCUT2D eigenvalue weighted by Gasteiger charge is 2.13. The van der Waals surface area contributed by atoms with Gasteiger partial charge in [-0.15, -0.1) is 0 Å². The molecule has 0 aliphatic heterocycles. The monoisotopic (exact) mass is 270 g/mol. The van der Waals surface area contributed by atoms with Gasteiger partial charge in [0.05, 0.1) is 11.0 Å². The zero-order chi connectivity index (χ0) is 13.7. The maximum Gasteiger partial charge on any atom is 0.132 e. The molecule has 0 bridgehead atoms. The summed E-state index contributed by atoms with van der Waals surface area (Å²) < 4.78 is 15.0. The molecule has 2 atom stereocenters. The van der Waals surface area contributed by atoms with E-state index in [9.17, 15) is 9.47 Å². The second-order valence-electron chi connectivity index (χ2n) is 4.17. The lowest BCUT2D eigenvalue weighted by Gasteiger charge is -2.11. The summed E-state index contributed by atoms with van der Waals surface area (Å²) in [6, 6.07) is 18.2. The van der Waals surface area contributed by atoms with Crippen molar-refractivity contribution in [3.8, 4) is 6.07 Å². The van der Waals surface area contributed by atoms with Crippen LogP contribution < -0.4 is 4.72 Å². The Labute approximate surface area is 115 Å². The number of nitrogens with one attached hydrogen (secondary N) is 1. The van der Waals surface area contributed by atoms with Gasteiger partial charge in [-0.25, -0.2) is 8.93 Å². The largest absolute Gasteiger partial charge is 0.237 e. The summed E-state index contributed by atoms with van der Waals surface area (Å²) in [5.74, 6) is 0. The molecule has 0 radical (unpaired) electrons. The van der Waals surface area contributed by atoms with E-state index in [0.29, 0.717) is 4.90 Å². The Balaban J connectivity index is 2.13. The fourth-order valence-corrected chi connectivity index (χ4v) is 2.57. The third kappa shape index (κ3) is 3.50. The van der Waals surface area contributed by atoms with Crippen molar-refractivity contribution in [2.75, 3.05) is 0 Å². The summed E-state index contributed by atoms with van der Waals surface area (Å²) in [5.41, 5.74) is 1.92. The molecule has 0 aliphatic carbocycles. The Hall–Kier alpha value is -1.96. The average molecular weight is 270 g/mol. The van der Waals surface area contributed by atoms with Gasteiger partial charge in [0.25, 0.3) is 0 Å². The van der Waals surface area contributed by atoms with Gasteiger partial charge >= 0.3 is 0 Å². The van der Waals surface area contributed by atoms with Crippen molar-refractivity contribution in [1.29, 1.82) is 5.26 Å². The van der Waals surface area contributed by atoms with Crippen LogP contribution in [0.2, 0.25) is 0 Å². The minimum absolute atomic E-state index is 0.580. The van der Waals surface area contributed by atoms with Crippen LogP contribution in [-0.4, -0.2) is 4.21 Å². The van der Waals surface area contributed by atoms with E-state index in [4.69, 9.17) is 0 Å². The van der Waals surface area contributed by atoms with Crippen molar-refractivity contribution in [1.82, 2.24) is 4.72 Å². The van der Waals surface area contributed by atoms with Crippen LogP contribution in [0.25, 0.3) is 0 Å². The number of aryl methyl sites for hydroxylation is 1. The maximum absolute atomic E-state index is 12.1. The van der Waals surface area contributed by atoms with Crippen LogP contribution in [0.5, 0.6) is 0 Å². The van der Waals surface area contributed by atoms with Crippen LogP contribution >= 0.6 is 0 Å². The van der Waals surface area contributed by atoms with Crippen molar-refractivity contribution in [3.05, 3.63) is 65.7 Å². The molecule has 19 heavy (non-hydrogen) atoms. The van der Waals surface area contributed by atoms with Gasteiger partial charge in [-0.2, -0.15) is 5.26 Å². The van der Waals surface area contributed by atoms with Crippen molar-refractivity contribution in [2.45, 2.75) is 17.9 Å². The molecular formula is C15H14N2OS. The molecule has 0 aliphatic rings. The third-order valence-corrected chi connectivity index (χ3v) is 3.87. The number of nitriles is 1. The molecule has 0 fully saturated rings. The third-order valence-electron chi connectivity index (χ3n) is 2.72. The molecule has 0 amide bonds. The molecule has 4 heteroatoms. The van der Waals surface area contributed by atoms with Crippen LogP contribution in [0, 0.1) is 18.3 Å². The topological polar surface area (TPSA) is 52.9 Å². The SMILES string of the molecule is Cc1ccc(S(=O)N[C@H](C#N)c2ccccc2)cc1. The van der Waals surface area contributed by atoms with E-state index in [0.717, 1.165) is 11.1 Å². The van der Waals surface area contributed by atoms with Crippen LogP contribution in [0.1, 0.15) is 17.2 Å². The van der Waals surface area contributed by atoms with Crippen molar-refractivity contribution in [2.24, 2.45) is 0 Å². The first-order chi connectivity index (χ1) is 9.20. The minimum Gasteiger partial charge on any atom is -0.237 e. The van der Waals surface area contributed by atoms with Crippen LogP contribution in [0.3, 0.4) is 0 Å². The summed E-state index contributed by atoms with van der Waals surface area (Å²) >= 11 is 0. The standard InChI is InChI=1S/C15H14N2OS/c1-12-7-9-14(10-8-12)19(18)17-15(11-16)13-5-3-2-4-6-13/h2-10,15,17H,1H3/t15-,19?/m1/s1. The number of hydrogen-bond donors (Lipinski definition) is 1. The fraction of sp³-hybridized carbons (Fsp3) is 0.133. The molecule has 0 spiro atoms. The zero-order valence-electron chi connectivity index (χ0n) is 10.5. The molecule has 3 nitrogen and oxygen atoms in total. The molecule has 0 heterocycles. The maximum atomic E-state index is 12.1. The van der Waals surface area contributed by atoms with E-state index < -0.39 is 17.0 Å². The smallest absolute Gasteiger partial charge is 0.132 e. The van der Waals surface area contributed by atoms with Gasteiger partial charge in [-0.3, -0.25) is 0 Å². The second-order valence-corrected chi connectivity index (χ2v) is 5.42. The molecule has 1 N–H and O–H groups in total. The Morgan fingerprint density at radius 3 is 2.32 bits per heavy atom. The lowest BCUT2D eigenvalue weighted by Crippen LogP contribution is -2.22. The molecule has 0 aromatic heterocycles. The molecule has 2 rings (SSSR count). The molecule has 96 valence electrons. The van der Waals surface area contributed by atoms with Gasteiger partial charge in [0, 0.05) is 0 Å². The number of rotatable bonds is 4. The summed E-state index contributed by atoms with van der Waals surface area (Å²) in [5, 5.41) is 9.17. The van der Waals surface area contributed by atoms with Crippen LogP contribution in [-0.2, 0) is 11.0 Å². The minimum atomic E-state index is -1.39. The zero-order valence-corrected chi connectivity index (χ0v) is 11.4. The van der Waals surface area contributed by atoms with Gasteiger partial charge < -0.3 is 0 Å². The van der Waals surface area contributed by atoms with Gasteiger partial charge in [-0.05, 0) is 24.6 Å². The van der Waals surface area contributed by atoms with Crippen molar-refractivity contribution in [3.63, 3.8) is 0 Å². The summed E-state index contributed by atoms with van der Waals surface area (Å²) in [4.78, 5) is 0.668. The first-order valence-electron chi connectivity index (χ1n) is 5.90. The van der Waals surface area contributed by atoms with Crippen LogP contribution in [0.15, 0.2) is 59.5 Å². The first-order valence-corrected chi connectivity index (χ1v) is 7.05. The summed E-state index contributed by atoms with van der Waals surface area (Å²) in [7, 11) is -1.39. The number of benzene rings is 2. The van der Waals surface area contributed by atoms with E-state index in [2.05, 4.69) is 10.8 Å². The lowest BCUT2D eigenvalue weighted by atomic mass is 10.1. The predicted octanol–water partition coefficient (Wildman–Crippen LogP) is 2.87. The van der Waals surface area contributed by atoms with E-state index >= 15 is 0 Å². The summed E-state index contributed by atoms with van der Waals surface area (Å²) in [6.07, 6.45) is 0. The molecule has 0 saturated heterocycles. The quantitative estimate of drug-likeness (QED) is 0.928. The van der Waals surface area contributed by atoms with E-state index in [1.807, 2.05) is 49.4 Å². The lowest BCUT2D eigenvalue weighted by molar-refractivity contribution is 0.665. The average Bonchev–Trinajstić information content (AvgIpc) is 2.46. The van der Waals surface area contributed by atoms with Gasteiger partial charge in [0.2, 0.25) is 0 Å². The molecular weight excluding hydrogens is 256 g/mol.